The van der Waals surface area contributed by atoms with Gasteiger partial charge >= 0.3 is 0 Å². The van der Waals surface area contributed by atoms with E-state index in [0.717, 1.165) is 19.3 Å². The Balaban J connectivity index is 2.31. The van der Waals surface area contributed by atoms with Gasteiger partial charge in [0.1, 0.15) is 0 Å². The smallest absolute Gasteiger partial charge is 0.255 e. The first kappa shape index (κ1) is 17.3. The molecule has 1 aromatic carbocycles. The van der Waals surface area contributed by atoms with E-state index < -0.39 is 9.84 Å². The number of sulfone groups is 1. The summed E-state index contributed by atoms with van der Waals surface area (Å²) in [7, 11) is -3.35. The highest BCUT2D eigenvalue weighted by Crippen LogP contribution is 2.25. The maximum Gasteiger partial charge on any atom is 0.255 e. The quantitative estimate of drug-likeness (QED) is 0.845. The number of halogens is 1. The number of hydrogen-bond acceptors (Lipinski definition) is 3. The summed E-state index contributed by atoms with van der Waals surface area (Å²) in [6.07, 6.45) is 3.05. The van der Waals surface area contributed by atoms with Gasteiger partial charge in [0.05, 0.1) is 21.2 Å². The molecule has 0 radical (unpaired) electrons. The van der Waals surface area contributed by atoms with E-state index in [0.29, 0.717) is 24.0 Å². The molecule has 1 aliphatic rings. The van der Waals surface area contributed by atoms with E-state index in [-0.39, 0.29) is 22.1 Å². The van der Waals surface area contributed by atoms with Crippen LogP contribution in [0.5, 0.6) is 0 Å². The van der Waals surface area contributed by atoms with Crippen molar-refractivity contribution in [1.82, 2.24) is 4.90 Å². The van der Waals surface area contributed by atoms with E-state index >= 15 is 0 Å². The van der Waals surface area contributed by atoms with E-state index in [2.05, 4.69) is 6.92 Å². The number of nitrogens with zero attached hydrogens (tertiary/aromatic N) is 1. The fourth-order valence-electron chi connectivity index (χ4n) is 2.66. The lowest BCUT2D eigenvalue weighted by Gasteiger charge is -2.21. The minimum absolute atomic E-state index is 0.00346. The van der Waals surface area contributed by atoms with E-state index in [4.69, 9.17) is 11.6 Å². The molecule has 1 amide bonds. The molecule has 0 bridgehead atoms. The average Bonchev–Trinajstić information content (AvgIpc) is 2.71. The molecule has 0 saturated carbocycles. The van der Waals surface area contributed by atoms with Crippen LogP contribution in [0.1, 0.15) is 43.5 Å². The largest absolute Gasteiger partial charge is 0.339 e. The van der Waals surface area contributed by atoms with Crippen LogP contribution in [0.2, 0.25) is 5.02 Å². The summed E-state index contributed by atoms with van der Waals surface area (Å²) < 4.78 is 24.0. The summed E-state index contributed by atoms with van der Waals surface area (Å²) >= 11 is 6.13. The normalized spacial score (nSPS) is 19.8. The Kier molecular flexibility index (Phi) is 5.50. The van der Waals surface area contributed by atoms with Crippen LogP contribution >= 0.6 is 11.6 Å². The van der Waals surface area contributed by atoms with Crippen LogP contribution in [0.3, 0.4) is 0 Å². The second kappa shape index (κ2) is 7.01. The molecule has 1 atom stereocenters. The van der Waals surface area contributed by atoms with Crippen LogP contribution in [0.4, 0.5) is 0 Å². The number of rotatable bonds is 3. The zero-order chi connectivity index (χ0) is 16.3. The number of benzene rings is 1. The first-order valence-corrected chi connectivity index (χ1v) is 9.69. The highest BCUT2D eigenvalue weighted by Gasteiger charge is 2.23. The standard InChI is InChI=1S/C16H22ClNO3S/c1-3-22(20,21)13-6-7-15(17)14(11-13)16(19)18-9-4-5-12(2)8-10-18/h6-7,11-12H,3-5,8-10H2,1-2H3. The summed E-state index contributed by atoms with van der Waals surface area (Å²) in [5.41, 5.74) is 0.283. The molecule has 22 heavy (non-hydrogen) atoms. The molecular formula is C16H22ClNO3S. The molecule has 0 aromatic heterocycles. The molecule has 1 saturated heterocycles. The number of amides is 1. The van der Waals surface area contributed by atoms with Crippen LogP contribution in [-0.4, -0.2) is 38.1 Å². The molecule has 1 aliphatic heterocycles. The maximum absolute atomic E-state index is 12.7. The second-order valence-electron chi connectivity index (χ2n) is 5.87. The summed E-state index contributed by atoms with van der Waals surface area (Å²) in [5, 5.41) is 0.303. The Hall–Kier alpha value is -1.07. The van der Waals surface area contributed by atoms with Gasteiger partial charge in [0.25, 0.3) is 5.91 Å². The van der Waals surface area contributed by atoms with Gasteiger partial charge in [0.2, 0.25) is 0 Å². The predicted molar refractivity (Wildman–Crippen MR) is 88.1 cm³/mol. The highest BCUT2D eigenvalue weighted by molar-refractivity contribution is 7.91. The average molecular weight is 344 g/mol. The topological polar surface area (TPSA) is 54.5 Å². The second-order valence-corrected chi connectivity index (χ2v) is 8.56. The monoisotopic (exact) mass is 343 g/mol. The van der Waals surface area contributed by atoms with Gasteiger partial charge in [-0.15, -0.1) is 0 Å². The van der Waals surface area contributed by atoms with Crippen molar-refractivity contribution in [3.8, 4) is 0 Å². The third kappa shape index (κ3) is 3.82. The predicted octanol–water partition coefficient (Wildman–Crippen LogP) is 3.40. The number of carbonyl (C=O) groups is 1. The highest BCUT2D eigenvalue weighted by atomic mass is 35.5. The first-order chi connectivity index (χ1) is 10.3. The van der Waals surface area contributed by atoms with Crippen LogP contribution in [0, 0.1) is 5.92 Å². The van der Waals surface area contributed by atoms with Gasteiger partial charge < -0.3 is 4.90 Å². The summed E-state index contributed by atoms with van der Waals surface area (Å²) in [6, 6.07) is 4.37. The molecule has 1 heterocycles. The molecule has 0 spiro atoms. The Morgan fingerprint density at radius 2 is 2.05 bits per heavy atom. The Bertz CT molecular complexity index is 657. The third-order valence-corrected chi connectivity index (χ3v) is 6.27. The molecule has 6 heteroatoms. The molecular weight excluding hydrogens is 322 g/mol. The molecule has 2 rings (SSSR count). The van der Waals surface area contributed by atoms with Crippen LogP contribution in [0.15, 0.2) is 23.1 Å². The van der Waals surface area contributed by atoms with Crippen molar-refractivity contribution in [1.29, 1.82) is 0 Å². The number of hydrogen-bond donors (Lipinski definition) is 0. The lowest BCUT2D eigenvalue weighted by molar-refractivity contribution is 0.0760. The van der Waals surface area contributed by atoms with Crippen molar-refractivity contribution in [3.63, 3.8) is 0 Å². The number of carbonyl (C=O) groups excluding carboxylic acids is 1. The Labute approximate surface area is 137 Å². The Morgan fingerprint density at radius 1 is 1.32 bits per heavy atom. The molecule has 0 N–H and O–H groups in total. The Morgan fingerprint density at radius 3 is 2.73 bits per heavy atom. The summed E-state index contributed by atoms with van der Waals surface area (Å²) in [5.74, 6) is 0.441. The maximum atomic E-state index is 12.7. The van der Waals surface area contributed by atoms with Gasteiger partial charge in [-0.25, -0.2) is 8.42 Å². The van der Waals surface area contributed by atoms with Crippen molar-refractivity contribution in [3.05, 3.63) is 28.8 Å². The van der Waals surface area contributed by atoms with E-state index in [1.807, 2.05) is 0 Å². The number of likely N-dealkylation sites (tertiary alicyclic amines) is 1. The van der Waals surface area contributed by atoms with Gasteiger partial charge in [-0.1, -0.05) is 25.4 Å². The minimum atomic E-state index is -3.35. The van der Waals surface area contributed by atoms with Gasteiger partial charge in [-0.3, -0.25) is 4.79 Å². The van der Waals surface area contributed by atoms with Gasteiger partial charge in [-0.2, -0.15) is 0 Å². The molecule has 1 fully saturated rings. The molecule has 1 aromatic rings. The van der Waals surface area contributed by atoms with Gasteiger partial charge in [-0.05, 0) is 43.4 Å². The van der Waals surface area contributed by atoms with E-state index in [9.17, 15) is 13.2 Å². The zero-order valence-corrected chi connectivity index (χ0v) is 14.6. The minimum Gasteiger partial charge on any atom is -0.339 e. The summed E-state index contributed by atoms with van der Waals surface area (Å²) in [6.45, 7) is 5.17. The van der Waals surface area contributed by atoms with E-state index in [1.165, 1.54) is 18.2 Å². The van der Waals surface area contributed by atoms with Crippen LogP contribution < -0.4 is 0 Å². The molecule has 122 valence electrons. The first-order valence-electron chi connectivity index (χ1n) is 7.66. The molecule has 0 aliphatic carbocycles. The van der Waals surface area contributed by atoms with Gasteiger partial charge in [0, 0.05) is 13.1 Å². The summed E-state index contributed by atoms with van der Waals surface area (Å²) in [4.78, 5) is 14.6. The fraction of sp³-hybridized carbons (Fsp3) is 0.562. The van der Waals surface area contributed by atoms with Crippen LogP contribution in [0.25, 0.3) is 0 Å². The molecule has 1 unspecified atom stereocenters. The zero-order valence-electron chi connectivity index (χ0n) is 13.0. The molecule has 4 nitrogen and oxygen atoms in total. The lowest BCUT2D eigenvalue weighted by atomic mass is 10.0. The van der Waals surface area contributed by atoms with Crippen molar-refractivity contribution in [2.75, 3.05) is 18.8 Å². The van der Waals surface area contributed by atoms with E-state index in [1.54, 1.807) is 11.8 Å². The van der Waals surface area contributed by atoms with Crippen molar-refractivity contribution in [2.45, 2.75) is 38.0 Å². The van der Waals surface area contributed by atoms with Gasteiger partial charge in [0.15, 0.2) is 9.84 Å². The van der Waals surface area contributed by atoms with Crippen molar-refractivity contribution >= 4 is 27.3 Å². The lowest BCUT2D eigenvalue weighted by Crippen LogP contribution is -2.32. The van der Waals surface area contributed by atoms with Crippen molar-refractivity contribution < 1.29 is 13.2 Å². The third-order valence-electron chi connectivity index (χ3n) is 4.21. The fourth-order valence-corrected chi connectivity index (χ4v) is 3.77. The van der Waals surface area contributed by atoms with Crippen LogP contribution in [-0.2, 0) is 9.84 Å². The van der Waals surface area contributed by atoms with Crippen molar-refractivity contribution in [2.24, 2.45) is 5.92 Å². The SMILES string of the molecule is CCS(=O)(=O)c1ccc(Cl)c(C(=O)N2CCCC(C)CC2)c1.